The Balaban J connectivity index is 2.04. The molecule has 1 atom stereocenters. The van der Waals surface area contributed by atoms with Crippen molar-refractivity contribution in [3.05, 3.63) is 60.6 Å². The van der Waals surface area contributed by atoms with E-state index in [0.717, 1.165) is 0 Å². The quantitative estimate of drug-likeness (QED) is 0.774. The van der Waals surface area contributed by atoms with E-state index in [1.54, 1.807) is 7.05 Å². The monoisotopic (exact) mass is 414 g/mol. The Morgan fingerprint density at radius 1 is 1.42 bits per heavy atom. The van der Waals surface area contributed by atoms with Gasteiger partial charge in [0.05, 0.1) is 26.6 Å². The van der Waals surface area contributed by atoms with Crippen molar-refractivity contribution in [1.82, 2.24) is 4.74 Å². The third kappa shape index (κ3) is 2.11. The summed E-state index contributed by atoms with van der Waals surface area (Å²) in [4.78, 5) is 12.5. The molecule has 0 fully saturated rings. The first-order valence-corrected chi connectivity index (χ1v) is 9.62. The molecule has 1 N–H and O–H groups in total. The molecule has 1 aromatic carbocycles. The molecule has 2 aliphatic heterocycles. The summed E-state index contributed by atoms with van der Waals surface area (Å²) in [6.45, 7) is 0. The summed E-state index contributed by atoms with van der Waals surface area (Å²) in [6, 6.07) is 4.23. The van der Waals surface area contributed by atoms with Crippen LogP contribution in [0.4, 0.5) is 10.2 Å². The maximum absolute atomic E-state index is 13.6. The van der Waals surface area contributed by atoms with Crippen molar-refractivity contribution in [2.24, 2.45) is 7.05 Å². The molecule has 0 amide bonds. The molecule has 24 heavy (non-hydrogen) atoms. The highest BCUT2D eigenvalue weighted by Gasteiger charge is 2.44. The smallest absolute Gasteiger partial charge is 0.342 e. The predicted octanol–water partition coefficient (Wildman–Crippen LogP) is 2.47. The minimum atomic E-state index is -3.50. The summed E-state index contributed by atoms with van der Waals surface area (Å²) in [5.41, 5.74) is 0.686. The molecule has 126 valence electrons. The molecule has 1 aromatic heterocycles. The molecule has 2 aliphatic rings. The molecule has 0 saturated heterocycles. The number of benzene rings is 1. The normalized spacial score (nSPS) is 21.4. The highest BCUT2D eigenvalue weighted by atomic mass is 79.9. The number of nitrogens with zero attached hydrogens (tertiary/aromatic N) is 1. The van der Waals surface area contributed by atoms with Crippen molar-refractivity contribution in [1.29, 1.82) is 0 Å². The van der Waals surface area contributed by atoms with Gasteiger partial charge >= 0.3 is 5.63 Å². The number of hydrogen-bond acceptors (Lipinski definition) is 5. The average Bonchev–Trinajstić information content (AvgIpc) is 2.98. The van der Waals surface area contributed by atoms with E-state index in [-0.39, 0.29) is 20.7 Å². The summed E-state index contributed by atoms with van der Waals surface area (Å²) >= 11 is 3.11. The number of allylic oxidation sites excluding steroid dienone is 2. The lowest BCUT2D eigenvalue weighted by Gasteiger charge is -2.25. The molecule has 0 spiro atoms. The van der Waals surface area contributed by atoms with Crippen LogP contribution in [0.2, 0.25) is 0 Å². The molecule has 0 bridgehead atoms. The Morgan fingerprint density at radius 3 is 2.88 bits per heavy atom. The summed E-state index contributed by atoms with van der Waals surface area (Å²) in [7, 11) is -1.93. The molecule has 2 aromatic rings. The lowest BCUT2D eigenvalue weighted by atomic mass is 9.89. The lowest BCUT2D eigenvalue weighted by Crippen LogP contribution is -2.23. The van der Waals surface area contributed by atoms with Crippen molar-refractivity contribution < 1.29 is 17.3 Å². The van der Waals surface area contributed by atoms with Crippen molar-refractivity contribution in [2.45, 2.75) is 12.3 Å². The number of anilines is 1. The van der Waals surface area contributed by atoms with Gasteiger partial charge in [0.1, 0.15) is 5.82 Å². The lowest BCUT2D eigenvalue weighted by molar-refractivity contribution is 0.289. The number of fused-ring (bicyclic) bond motifs is 1. The molecular formula is C15H12BrFN2O4S. The van der Waals surface area contributed by atoms with Crippen LogP contribution in [0.15, 0.2) is 42.6 Å². The summed E-state index contributed by atoms with van der Waals surface area (Å²) in [5.74, 6) is -0.848. The summed E-state index contributed by atoms with van der Waals surface area (Å²) in [6.07, 6.45) is 0.343. The first kappa shape index (κ1) is 15.6. The Labute approximate surface area is 145 Å². The van der Waals surface area contributed by atoms with Crippen molar-refractivity contribution in [3.8, 4) is 0 Å². The van der Waals surface area contributed by atoms with Gasteiger partial charge in [-0.15, -0.1) is 0 Å². The topological polar surface area (TPSA) is 81.3 Å². The second-order valence-corrected chi connectivity index (χ2v) is 8.71. The van der Waals surface area contributed by atoms with Crippen LogP contribution in [0.5, 0.6) is 0 Å². The minimum Gasteiger partial charge on any atom is -0.342 e. The van der Waals surface area contributed by atoms with Gasteiger partial charge < -0.3 is 9.84 Å². The number of aromatic nitrogens is 1. The summed E-state index contributed by atoms with van der Waals surface area (Å²) < 4.78 is 45.3. The Bertz CT molecular complexity index is 1070. The fourth-order valence-electron chi connectivity index (χ4n) is 3.31. The van der Waals surface area contributed by atoms with Crippen molar-refractivity contribution in [3.63, 3.8) is 0 Å². The zero-order chi connectivity index (χ0) is 17.2. The standard InChI is InChI=1S/C15H12BrFN2O4S/c1-19-14-12(15(20)23-19)11(7-2-3-9(17)8(16)6-7)13-10(18-14)4-5-24(13,21)22/h2-3,6,11,18H,4-5H2,1H3. The van der Waals surface area contributed by atoms with E-state index in [9.17, 15) is 17.6 Å². The highest BCUT2D eigenvalue weighted by molar-refractivity contribution is 9.10. The number of rotatable bonds is 1. The molecule has 3 heterocycles. The fraction of sp³-hybridized carbons (Fsp3) is 0.267. The first-order valence-electron chi connectivity index (χ1n) is 7.17. The minimum absolute atomic E-state index is 0.0111. The average molecular weight is 415 g/mol. The van der Waals surface area contributed by atoms with Crippen LogP contribution in [-0.2, 0) is 16.9 Å². The van der Waals surface area contributed by atoms with Crippen LogP contribution >= 0.6 is 15.9 Å². The van der Waals surface area contributed by atoms with Gasteiger partial charge in [-0.1, -0.05) is 6.07 Å². The third-order valence-electron chi connectivity index (χ3n) is 4.36. The molecule has 6 nitrogen and oxygen atoms in total. The van der Waals surface area contributed by atoms with Crippen molar-refractivity contribution in [2.75, 3.05) is 11.1 Å². The van der Waals surface area contributed by atoms with Gasteiger partial charge in [-0.05, 0) is 33.6 Å². The van der Waals surface area contributed by atoms with E-state index in [0.29, 0.717) is 23.5 Å². The maximum Gasteiger partial charge on any atom is 0.363 e. The van der Waals surface area contributed by atoms with Gasteiger partial charge in [-0.2, -0.15) is 4.74 Å². The molecule has 0 saturated carbocycles. The van der Waals surface area contributed by atoms with E-state index in [1.165, 1.54) is 22.9 Å². The third-order valence-corrected chi connectivity index (χ3v) is 6.86. The van der Waals surface area contributed by atoms with E-state index < -0.39 is 27.2 Å². The second kappa shape index (κ2) is 5.06. The van der Waals surface area contributed by atoms with E-state index in [1.807, 2.05) is 0 Å². The zero-order valence-corrected chi connectivity index (χ0v) is 14.9. The van der Waals surface area contributed by atoms with Gasteiger partial charge in [-0.3, -0.25) is 0 Å². The molecule has 9 heteroatoms. The molecule has 0 radical (unpaired) electrons. The predicted molar refractivity (Wildman–Crippen MR) is 88.9 cm³/mol. The van der Waals surface area contributed by atoms with E-state index in [4.69, 9.17) is 4.52 Å². The van der Waals surface area contributed by atoms with Gasteiger partial charge in [0.15, 0.2) is 15.7 Å². The van der Waals surface area contributed by atoms with Crippen LogP contribution in [-0.4, -0.2) is 18.9 Å². The van der Waals surface area contributed by atoms with E-state index in [2.05, 4.69) is 21.2 Å². The molecule has 1 unspecified atom stereocenters. The summed E-state index contributed by atoms with van der Waals surface area (Å²) in [5, 5.41) is 3.01. The number of sulfone groups is 1. The number of halogens is 2. The number of hydrogen-bond donors (Lipinski definition) is 1. The second-order valence-electron chi connectivity index (χ2n) is 5.78. The largest absolute Gasteiger partial charge is 0.363 e. The van der Waals surface area contributed by atoms with Crippen LogP contribution in [0, 0.1) is 5.82 Å². The van der Waals surface area contributed by atoms with Gasteiger partial charge in [0.2, 0.25) is 0 Å². The van der Waals surface area contributed by atoms with Crippen LogP contribution < -0.4 is 10.9 Å². The fourth-order valence-corrected chi connectivity index (χ4v) is 5.54. The SMILES string of the molecule is Cn1oc(=O)c2c1NC1=C(C2c2ccc(F)c(Br)c2)S(=O)(=O)CC1. The molecule has 0 aliphatic carbocycles. The molecular weight excluding hydrogens is 403 g/mol. The Kier molecular flexibility index (Phi) is 3.30. The maximum atomic E-state index is 13.6. The van der Waals surface area contributed by atoms with Crippen LogP contribution in [0.25, 0.3) is 0 Å². The van der Waals surface area contributed by atoms with E-state index >= 15 is 0 Å². The van der Waals surface area contributed by atoms with Crippen molar-refractivity contribution >= 4 is 31.6 Å². The number of nitrogens with one attached hydrogen (secondary N) is 1. The first-order chi connectivity index (χ1) is 11.3. The van der Waals surface area contributed by atoms with Crippen LogP contribution in [0.3, 0.4) is 0 Å². The Hall–Kier alpha value is -1.87. The van der Waals surface area contributed by atoms with Crippen LogP contribution in [0.1, 0.15) is 23.5 Å². The Morgan fingerprint density at radius 2 is 2.17 bits per heavy atom. The van der Waals surface area contributed by atoms with Gasteiger partial charge in [-0.25, -0.2) is 17.6 Å². The highest BCUT2D eigenvalue weighted by Crippen LogP contribution is 2.46. The number of aryl methyl sites for hydroxylation is 1. The van der Waals surface area contributed by atoms with Gasteiger partial charge in [0.25, 0.3) is 0 Å². The van der Waals surface area contributed by atoms with Gasteiger partial charge in [0, 0.05) is 19.2 Å². The molecule has 4 rings (SSSR count). The zero-order valence-electron chi connectivity index (χ0n) is 12.5.